The zero-order chi connectivity index (χ0) is 29.7. The highest BCUT2D eigenvalue weighted by Gasteiger charge is 2.41. The number of morpholine rings is 1. The fourth-order valence-electron chi connectivity index (χ4n) is 6.86. The predicted octanol–water partition coefficient (Wildman–Crippen LogP) is 2.40. The molecule has 1 atom stereocenters. The molecule has 5 heterocycles. The van der Waals surface area contributed by atoms with Gasteiger partial charge in [0.05, 0.1) is 34.9 Å². The lowest BCUT2D eigenvalue weighted by molar-refractivity contribution is -0.134. The number of carbonyl (C=O) groups is 3. The van der Waals surface area contributed by atoms with Crippen LogP contribution in [-0.4, -0.2) is 85.8 Å². The first-order valence-electron chi connectivity index (χ1n) is 14.8. The summed E-state index contributed by atoms with van der Waals surface area (Å²) in [5, 5.41) is 3.14. The quantitative estimate of drug-likeness (QED) is 0.426. The summed E-state index contributed by atoms with van der Waals surface area (Å²) in [7, 11) is -3.55. The molecule has 0 aliphatic carbocycles. The number of nitrogens with zero attached hydrogens (tertiary/aromatic N) is 4. The SMILES string of the molecule is O=C1CCC(N2C(=O)c3ccc(C4CCN(Cc5cccc(S(=O)(=O)N6CCOCC6)c5)CC4)c4nccc2c34)C(=O)N1. The van der Waals surface area contributed by atoms with Crippen LogP contribution < -0.4 is 10.2 Å². The van der Waals surface area contributed by atoms with Gasteiger partial charge in [-0.1, -0.05) is 18.2 Å². The maximum absolute atomic E-state index is 13.5. The van der Waals surface area contributed by atoms with Crippen molar-refractivity contribution in [3.8, 4) is 0 Å². The molecule has 0 spiro atoms. The topological polar surface area (TPSA) is 129 Å². The van der Waals surface area contributed by atoms with Gasteiger partial charge in [0, 0.05) is 37.6 Å². The number of nitrogens with one attached hydrogen (secondary N) is 1. The molecule has 0 bridgehead atoms. The summed E-state index contributed by atoms with van der Waals surface area (Å²) in [6, 6.07) is 12.1. The Kier molecular flexibility index (Phi) is 7.24. The van der Waals surface area contributed by atoms with Crippen molar-refractivity contribution in [2.24, 2.45) is 0 Å². The number of rotatable bonds is 6. The molecule has 7 rings (SSSR count). The van der Waals surface area contributed by atoms with E-state index < -0.39 is 22.0 Å². The van der Waals surface area contributed by atoms with Crippen LogP contribution >= 0.6 is 0 Å². The highest BCUT2D eigenvalue weighted by atomic mass is 32.2. The third-order valence-electron chi connectivity index (χ3n) is 9.07. The summed E-state index contributed by atoms with van der Waals surface area (Å²) < 4.78 is 33.1. The van der Waals surface area contributed by atoms with Crippen LogP contribution in [-0.2, 0) is 30.9 Å². The lowest BCUT2D eigenvalue weighted by Crippen LogP contribution is -2.53. The summed E-state index contributed by atoms with van der Waals surface area (Å²) in [5.41, 5.74) is 4.06. The second-order valence-corrected chi connectivity index (χ2v) is 13.6. The number of piperidine rings is 2. The summed E-state index contributed by atoms with van der Waals surface area (Å²) in [4.78, 5) is 46.7. The van der Waals surface area contributed by atoms with E-state index in [-0.39, 0.29) is 24.2 Å². The van der Waals surface area contributed by atoms with E-state index in [9.17, 15) is 22.8 Å². The van der Waals surface area contributed by atoms with Gasteiger partial charge in [-0.05, 0) is 73.7 Å². The van der Waals surface area contributed by atoms with Crippen LogP contribution in [0.4, 0.5) is 5.69 Å². The largest absolute Gasteiger partial charge is 0.379 e. The molecule has 2 aromatic carbocycles. The van der Waals surface area contributed by atoms with Crippen molar-refractivity contribution in [1.29, 1.82) is 0 Å². The highest BCUT2D eigenvalue weighted by molar-refractivity contribution is 7.89. The van der Waals surface area contributed by atoms with Crippen molar-refractivity contribution in [1.82, 2.24) is 19.5 Å². The molecule has 43 heavy (non-hydrogen) atoms. The Balaban J connectivity index is 1.07. The van der Waals surface area contributed by atoms with Crippen molar-refractivity contribution in [3.63, 3.8) is 0 Å². The Morgan fingerprint density at radius 2 is 1.74 bits per heavy atom. The molecule has 1 N–H and O–H groups in total. The summed E-state index contributed by atoms with van der Waals surface area (Å²) >= 11 is 0. The summed E-state index contributed by atoms with van der Waals surface area (Å²) in [6.07, 6.45) is 3.98. The standard InChI is InChI=1S/C31H33N5O6S/c37-27-7-6-26(30(38)33-27)36-25-8-11-32-29-23(4-5-24(28(25)29)31(36)39)21-9-12-34(13-10-21)19-20-2-1-3-22(18-20)43(40,41)35-14-16-42-17-15-35/h1-5,8,11,18,21,26H,6-7,9-10,12-17,19H2,(H,33,37,38). The van der Waals surface area contributed by atoms with Gasteiger partial charge in [0.2, 0.25) is 21.8 Å². The van der Waals surface area contributed by atoms with Gasteiger partial charge in [0.1, 0.15) is 6.04 Å². The minimum absolute atomic E-state index is 0.197. The highest BCUT2D eigenvalue weighted by Crippen LogP contribution is 2.43. The molecule has 3 amide bonds. The monoisotopic (exact) mass is 603 g/mol. The maximum Gasteiger partial charge on any atom is 0.259 e. The first kappa shape index (κ1) is 28.1. The number of amides is 3. The molecule has 4 aliphatic rings. The minimum atomic E-state index is -3.55. The maximum atomic E-state index is 13.5. The van der Waals surface area contributed by atoms with Crippen LogP contribution in [0.15, 0.2) is 53.6 Å². The van der Waals surface area contributed by atoms with Gasteiger partial charge < -0.3 is 4.74 Å². The van der Waals surface area contributed by atoms with Crippen molar-refractivity contribution in [3.05, 3.63) is 65.4 Å². The third kappa shape index (κ3) is 5.01. The number of pyridine rings is 1. The van der Waals surface area contributed by atoms with E-state index in [1.807, 2.05) is 24.3 Å². The number of imide groups is 1. The molecule has 4 aliphatic heterocycles. The molecule has 12 heteroatoms. The van der Waals surface area contributed by atoms with E-state index in [1.165, 1.54) is 9.21 Å². The average Bonchev–Trinajstić information content (AvgIpc) is 3.31. The second kappa shape index (κ2) is 11.1. The number of ether oxygens (including phenoxy) is 1. The molecule has 11 nitrogen and oxygen atoms in total. The van der Waals surface area contributed by atoms with Gasteiger partial charge in [-0.2, -0.15) is 4.31 Å². The predicted molar refractivity (Wildman–Crippen MR) is 158 cm³/mol. The molecule has 1 unspecified atom stereocenters. The van der Waals surface area contributed by atoms with Gasteiger partial charge in [-0.15, -0.1) is 0 Å². The smallest absolute Gasteiger partial charge is 0.259 e. The molecule has 1 aromatic heterocycles. The molecular formula is C31H33N5O6S. The molecule has 0 radical (unpaired) electrons. The number of hydrogen-bond donors (Lipinski definition) is 1. The van der Waals surface area contributed by atoms with E-state index in [2.05, 4.69) is 10.2 Å². The van der Waals surface area contributed by atoms with E-state index >= 15 is 0 Å². The fraction of sp³-hybridized carbons (Fsp3) is 0.419. The van der Waals surface area contributed by atoms with Crippen molar-refractivity contribution in [2.75, 3.05) is 44.3 Å². The zero-order valence-electron chi connectivity index (χ0n) is 23.7. The lowest BCUT2D eigenvalue weighted by atomic mass is 9.87. The van der Waals surface area contributed by atoms with Crippen LogP contribution in [0.2, 0.25) is 0 Å². The Labute approximate surface area is 249 Å². The molecule has 0 saturated carbocycles. The molecule has 224 valence electrons. The van der Waals surface area contributed by atoms with Crippen LogP contribution in [0, 0.1) is 0 Å². The summed E-state index contributed by atoms with van der Waals surface area (Å²) in [5.74, 6) is -0.744. The van der Waals surface area contributed by atoms with Gasteiger partial charge >= 0.3 is 0 Å². The molecule has 3 aromatic rings. The normalized spacial score (nSPS) is 22.4. The van der Waals surface area contributed by atoms with Gasteiger partial charge in [0.15, 0.2) is 0 Å². The molecule has 3 saturated heterocycles. The fourth-order valence-corrected chi connectivity index (χ4v) is 8.34. The van der Waals surface area contributed by atoms with Crippen molar-refractivity contribution >= 4 is 44.3 Å². The zero-order valence-corrected chi connectivity index (χ0v) is 24.5. The first-order valence-corrected chi connectivity index (χ1v) is 16.2. The number of benzene rings is 2. The Hall–Kier alpha value is -3.71. The lowest BCUT2D eigenvalue weighted by Gasteiger charge is -2.32. The average molecular weight is 604 g/mol. The second-order valence-electron chi connectivity index (χ2n) is 11.6. The Morgan fingerprint density at radius 3 is 2.51 bits per heavy atom. The number of sulfonamides is 1. The minimum Gasteiger partial charge on any atom is -0.379 e. The van der Waals surface area contributed by atoms with Crippen molar-refractivity contribution < 1.29 is 27.5 Å². The number of carbonyl (C=O) groups excluding carboxylic acids is 3. The van der Waals surface area contributed by atoms with Gasteiger partial charge in [0.25, 0.3) is 5.91 Å². The van der Waals surface area contributed by atoms with Crippen molar-refractivity contribution in [2.45, 2.75) is 49.1 Å². The van der Waals surface area contributed by atoms with E-state index in [4.69, 9.17) is 9.72 Å². The summed E-state index contributed by atoms with van der Waals surface area (Å²) in [6.45, 7) is 3.92. The number of aromatic nitrogens is 1. The van der Waals surface area contributed by atoms with E-state index in [0.29, 0.717) is 55.4 Å². The number of hydrogen-bond acceptors (Lipinski definition) is 8. The van der Waals surface area contributed by atoms with Crippen LogP contribution in [0.5, 0.6) is 0 Å². The molecule has 3 fully saturated rings. The number of anilines is 1. The van der Waals surface area contributed by atoms with E-state index in [0.717, 1.165) is 48.0 Å². The van der Waals surface area contributed by atoms with E-state index in [1.54, 1.807) is 24.4 Å². The number of likely N-dealkylation sites (tertiary alicyclic amines) is 1. The molecular weight excluding hydrogens is 570 g/mol. The van der Waals surface area contributed by atoms with Crippen LogP contribution in [0.1, 0.15) is 53.1 Å². The van der Waals surface area contributed by atoms with Crippen LogP contribution in [0.25, 0.3) is 10.9 Å². The van der Waals surface area contributed by atoms with Gasteiger partial charge in [-0.25, -0.2) is 8.42 Å². The first-order chi connectivity index (χ1) is 20.8. The Bertz CT molecular complexity index is 1730. The van der Waals surface area contributed by atoms with Crippen LogP contribution in [0.3, 0.4) is 0 Å². The third-order valence-corrected chi connectivity index (χ3v) is 11.0. The Morgan fingerprint density at radius 1 is 0.953 bits per heavy atom. The van der Waals surface area contributed by atoms with Gasteiger partial charge in [-0.3, -0.25) is 34.5 Å².